The first-order valence-electron chi connectivity index (χ1n) is 8.18. The van der Waals surface area contributed by atoms with Crippen LogP contribution in [-0.2, 0) is 0 Å². The molecule has 106 valence electrons. The summed E-state index contributed by atoms with van der Waals surface area (Å²) in [5.41, 5.74) is 6.02. The van der Waals surface area contributed by atoms with Crippen LogP contribution in [-0.4, -0.2) is 30.1 Å². The van der Waals surface area contributed by atoms with Crippen LogP contribution in [0.5, 0.6) is 0 Å². The van der Waals surface area contributed by atoms with Crippen LogP contribution in [0.15, 0.2) is 0 Å². The van der Waals surface area contributed by atoms with E-state index in [2.05, 4.69) is 18.9 Å². The van der Waals surface area contributed by atoms with Gasteiger partial charge in [0.15, 0.2) is 0 Å². The predicted molar refractivity (Wildman–Crippen MR) is 78.6 cm³/mol. The van der Waals surface area contributed by atoms with E-state index in [1.807, 2.05) is 0 Å². The number of nitrogens with two attached hydrogens (primary N) is 1. The molecule has 2 rings (SSSR count). The summed E-state index contributed by atoms with van der Waals surface area (Å²) >= 11 is 0. The Labute approximate surface area is 113 Å². The topological polar surface area (TPSA) is 29.3 Å². The zero-order valence-electron chi connectivity index (χ0n) is 12.4. The molecule has 0 aromatic carbocycles. The average molecular weight is 252 g/mol. The maximum Gasteiger partial charge on any atom is 0.00962 e. The summed E-state index contributed by atoms with van der Waals surface area (Å²) in [6.07, 6.45) is 13.7. The highest BCUT2D eigenvalue weighted by atomic mass is 15.2. The minimum Gasteiger partial charge on any atom is -0.328 e. The van der Waals surface area contributed by atoms with Crippen LogP contribution >= 0.6 is 0 Å². The lowest BCUT2D eigenvalue weighted by molar-refractivity contribution is 0.120. The maximum absolute atomic E-state index is 6.02. The molecule has 2 atom stereocenters. The van der Waals surface area contributed by atoms with Gasteiger partial charge in [-0.15, -0.1) is 0 Å². The molecule has 0 amide bonds. The van der Waals surface area contributed by atoms with E-state index in [-0.39, 0.29) is 0 Å². The molecule has 0 spiro atoms. The third-order valence-electron chi connectivity index (χ3n) is 5.53. The average Bonchev–Trinajstić information content (AvgIpc) is 2.64. The normalized spacial score (nSPS) is 38.7. The van der Waals surface area contributed by atoms with Crippen molar-refractivity contribution in [2.24, 2.45) is 11.7 Å². The molecule has 18 heavy (non-hydrogen) atoms. The molecule has 2 fully saturated rings. The van der Waals surface area contributed by atoms with Gasteiger partial charge >= 0.3 is 0 Å². The molecular formula is C16H32N2. The molecule has 0 heterocycles. The van der Waals surface area contributed by atoms with Crippen LogP contribution in [0.4, 0.5) is 0 Å². The molecule has 0 radical (unpaired) electrons. The van der Waals surface area contributed by atoms with E-state index in [9.17, 15) is 0 Å². The fourth-order valence-electron chi connectivity index (χ4n) is 3.98. The van der Waals surface area contributed by atoms with Crippen molar-refractivity contribution in [1.82, 2.24) is 4.90 Å². The van der Waals surface area contributed by atoms with Crippen molar-refractivity contribution in [2.75, 3.05) is 7.05 Å². The van der Waals surface area contributed by atoms with Crippen LogP contribution in [0.25, 0.3) is 0 Å². The van der Waals surface area contributed by atoms with Gasteiger partial charge in [-0.3, -0.25) is 0 Å². The van der Waals surface area contributed by atoms with E-state index in [4.69, 9.17) is 5.73 Å². The zero-order valence-corrected chi connectivity index (χ0v) is 12.4. The first-order chi connectivity index (χ1) is 8.70. The molecule has 2 aliphatic carbocycles. The van der Waals surface area contributed by atoms with Crippen molar-refractivity contribution in [1.29, 1.82) is 0 Å². The van der Waals surface area contributed by atoms with Crippen LogP contribution < -0.4 is 5.73 Å². The van der Waals surface area contributed by atoms with E-state index < -0.39 is 0 Å². The van der Waals surface area contributed by atoms with Gasteiger partial charge in [0.1, 0.15) is 0 Å². The molecule has 2 unspecified atom stereocenters. The Morgan fingerprint density at radius 3 is 2.17 bits per heavy atom. The van der Waals surface area contributed by atoms with Gasteiger partial charge in [-0.25, -0.2) is 0 Å². The lowest BCUT2D eigenvalue weighted by atomic mass is 9.89. The molecule has 0 aromatic heterocycles. The first-order valence-corrected chi connectivity index (χ1v) is 8.18. The van der Waals surface area contributed by atoms with Crippen molar-refractivity contribution in [2.45, 2.75) is 89.3 Å². The predicted octanol–water partition coefficient (Wildman–Crippen LogP) is 3.55. The highest BCUT2D eigenvalue weighted by Gasteiger charge is 2.28. The summed E-state index contributed by atoms with van der Waals surface area (Å²) in [5, 5.41) is 0. The second-order valence-corrected chi connectivity index (χ2v) is 6.67. The molecule has 0 bridgehead atoms. The summed E-state index contributed by atoms with van der Waals surface area (Å²) in [6.45, 7) is 2.36. The number of hydrogen-bond donors (Lipinski definition) is 1. The van der Waals surface area contributed by atoms with Crippen molar-refractivity contribution in [3.05, 3.63) is 0 Å². The molecule has 2 saturated carbocycles. The second kappa shape index (κ2) is 6.91. The van der Waals surface area contributed by atoms with E-state index in [1.165, 1.54) is 64.2 Å². The lowest BCUT2D eigenvalue weighted by Gasteiger charge is -2.38. The molecule has 2 aliphatic rings. The Hall–Kier alpha value is -0.0800. The Morgan fingerprint density at radius 2 is 1.50 bits per heavy atom. The van der Waals surface area contributed by atoms with Gasteiger partial charge in [0.25, 0.3) is 0 Å². The minimum absolute atomic E-state index is 0.480. The van der Waals surface area contributed by atoms with E-state index in [0.717, 1.165) is 18.0 Å². The van der Waals surface area contributed by atoms with Gasteiger partial charge in [-0.1, -0.05) is 26.2 Å². The third kappa shape index (κ3) is 3.71. The van der Waals surface area contributed by atoms with Crippen LogP contribution in [0.2, 0.25) is 0 Å². The SMILES string of the molecule is CCC1CCCC(N(C)C2CCC(N)CC2)CC1. The maximum atomic E-state index is 6.02. The van der Waals surface area contributed by atoms with E-state index in [0.29, 0.717) is 6.04 Å². The van der Waals surface area contributed by atoms with Gasteiger partial charge in [-0.2, -0.15) is 0 Å². The van der Waals surface area contributed by atoms with Crippen molar-refractivity contribution >= 4 is 0 Å². The second-order valence-electron chi connectivity index (χ2n) is 6.67. The number of hydrogen-bond acceptors (Lipinski definition) is 2. The molecule has 2 N–H and O–H groups in total. The smallest absolute Gasteiger partial charge is 0.00962 e. The summed E-state index contributed by atoms with van der Waals surface area (Å²) < 4.78 is 0. The lowest BCUT2D eigenvalue weighted by Crippen LogP contribution is -2.43. The standard InChI is InChI=1S/C16H32N2/c1-3-13-5-4-6-15(10-7-13)18(2)16-11-8-14(17)9-12-16/h13-16H,3-12,17H2,1-2H3. The summed E-state index contributed by atoms with van der Waals surface area (Å²) in [6, 6.07) is 2.14. The molecule has 2 nitrogen and oxygen atoms in total. The van der Waals surface area contributed by atoms with Crippen LogP contribution in [0, 0.1) is 5.92 Å². The molecule has 0 aromatic rings. The van der Waals surface area contributed by atoms with E-state index >= 15 is 0 Å². The third-order valence-corrected chi connectivity index (χ3v) is 5.53. The Balaban J connectivity index is 1.82. The van der Waals surface area contributed by atoms with Gasteiger partial charge in [0.2, 0.25) is 0 Å². The zero-order chi connectivity index (χ0) is 13.0. The summed E-state index contributed by atoms with van der Waals surface area (Å²) in [5.74, 6) is 1.00. The quantitative estimate of drug-likeness (QED) is 0.778. The highest BCUT2D eigenvalue weighted by Crippen LogP contribution is 2.31. The van der Waals surface area contributed by atoms with Gasteiger partial charge in [0.05, 0.1) is 0 Å². The van der Waals surface area contributed by atoms with E-state index in [1.54, 1.807) is 0 Å². The van der Waals surface area contributed by atoms with Gasteiger partial charge in [-0.05, 0) is 57.9 Å². The van der Waals surface area contributed by atoms with Gasteiger partial charge < -0.3 is 10.6 Å². The fourth-order valence-corrected chi connectivity index (χ4v) is 3.98. The fraction of sp³-hybridized carbons (Fsp3) is 1.00. The monoisotopic (exact) mass is 252 g/mol. The molecule has 2 heteroatoms. The first kappa shape index (κ1) is 14.3. The van der Waals surface area contributed by atoms with Gasteiger partial charge in [0, 0.05) is 18.1 Å². The number of rotatable bonds is 3. The number of nitrogens with zero attached hydrogens (tertiary/aromatic N) is 1. The van der Waals surface area contributed by atoms with Crippen LogP contribution in [0.1, 0.15) is 71.1 Å². The summed E-state index contributed by atoms with van der Waals surface area (Å²) in [4.78, 5) is 2.71. The molecular weight excluding hydrogens is 220 g/mol. The largest absolute Gasteiger partial charge is 0.328 e. The summed E-state index contributed by atoms with van der Waals surface area (Å²) in [7, 11) is 2.37. The molecule has 0 saturated heterocycles. The Kier molecular flexibility index (Phi) is 5.50. The molecule has 0 aliphatic heterocycles. The highest BCUT2D eigenvalue weighted by molar-refractivity contribution is 4.84. The van der Waals surface area contributed by atoms with Crippen molar-refractivity contribution in [3.63, 3.8) is 0 Å². The Morgan fingerprint density at radius 1 is 0.889 bits per heavy atom. The van der Waals surface area contributed by atoms with Crippen molar-refractivity contribution < 1.29 is 0 Å². The van der Waals surface area contributed by atoms with Crippen LogP contribution in [0.3, 0.4) is 0 Å². The van der Waals surface area contributed by atoms with Crippen molar-refractivity contribution in [3.8, 4) is 0 Å². The Bertz CT molecular complexity index is 233. The minimum atomic E-state index is 0.480.